The largest absolute Gasteiger partial charge is 0.342 e. The summed E-state index contributed by atoms with van der Waals surface area (Å²) in [5.41, 5.74) is 11.5. The Morgan fingerprint density at radius 1 is 0.706 bits per heavy atom. The number of amidine groups is 2. The Morgan fingerprint density at radius 3 is 2.33 bits per heavy atom. The number of pyridine rings is 1. The lowest BCUT2D eigenvalue weighted by Crippen LogP contribution is -2.50. The number of aliphatic imine (C=N–C) groups is 3. The molecule has 4 aromatic rings. The smallest absolute Gasteiger partial charge is 0.155 e. The van der Waals surface area contributed by atoms with Crippen molar-refractivity contribution >= 4 is 39.9 Å². The second kappa shape index (κ2) is 13.1. The minimum Gasteiger partial charge on any atom is -0.342 e. The molecule has 3 unspecified atom stereocenters. The van der Waals surface area contributed by atoms with Crippen LogP contribution in [0.25, 0.3) is 22.0 Å². The SMILES string of the molecule is CC1(C2=CC=C(c3ccccc3)CC2)N=C(C2=CC=C(c3cccc4cccnc34)CC2)N=C(c2ccc(C3C=CC=C4C=CC=NC43)cc2)N1. The minimum atomic E-state index is -0.636. The van der Waals surface area contributed by atoms with Gasteiger partial charge in [-0.2, -0.15) is 0 Å². The molecule has 248 valence electrons. The van der Waals surface area contributed by atoms with E-state index in [2.05, 4.69) is 140 Å². The number of aromatic nitrogens is 1. The molecule has 51 heavy (non-hydrogen) atoms. The minimum absolute atomic E-state index is 0.117. The van der Waals surface area contributed by atoms with E-state index in [9.17, 15) is 0 Å². The second-order valence-corrected chi connectivity index (χ2v) is 13.9. The van der Waals surface area contributed by atoms with Crippen LogP contribution in [0.1, 0.15) is 60.8 Å². The number of para-hydroxylation sites is 1. The normalized spacial score (nSPS) is 23.9. The third-order valence-electron chi connectivity index (χ3n) is 10.7. The Hall–Kier alpha value is -5.94. The monoisotopic (exact) mass is 661 g/mol. The first-order chi connectivity index (χ1) is 25.1. The predicted molar refractivity (Wildman–Crippen MR) is 212 cm³/mol. The van der Waals surface area contributed by atoms with Crippen molar-refractivity contribution < 1.29 is 0 Å². The van der Waals surface area contributed by atoms with Crippen LogP contribution in [0.2, 0.25) is 0 Å². The van der Waals surface area contributed by atoms with E-state index in [4.69, 9.17) is 20.0 Å². The lowest BCUT2D eigenvalue weighted by molar-refractivity contribution is 0.490. The first kappa shape index (κ1) is 31.1. The molecule has 0 radical (unpaired) electrons. The van der Waals surface area contributed by atoms with Crippen LogP contribution in [0.15, 0.2) is 178 Å². The number of benzene rings is 3. The fourth-order valence-corrected chi connectivity index (χ4v) is 7.89. The number of nitrogens with zero attached hydrogens (tertiary/aromatic N) is 4. The average Bonchev–Trinajstić information content (AvgIpc) is 3.21. The number of hydrogen-bond donors (Lipinski definition) is 1. The Balaban J connectivity index is 1.07. The zero-order valence-electron chi connectivity index (χ0n) is 28.7. The van der Waals surface area contributed by atoms with Crippen molar-refractivity contribution in [1.82, 2.24) is 10.3 Å². The zero-order valence-corrected chi connectivity index (χ0v) is 28.7. The summed E-state index contributed by atoms with van der Waals surface area (Å²) in [6, 6.07) is 30.2. The van der Waals surface area contributed by atoms with Gasteiger partial charge in [0.15, 0.2) is 11.5 Å². The maximum atomic E-state index is 5.39. The predicted octanol–water partition coefficient (Wildman–Crippen LogP) is 9.90. The molecule has 5 heteroatoms. The van der Waals surface area contributed by atoms with Gasteiger partial charge in [-0.3, -0.25) is 9.98 Å². The van der Waals surface area contributed by atoms with Gasteiger partial charge >= 0.3 is 0 Å². The van der Waals surface area contributed by atoms with E-state index in [-0.39, 0.29) is 12.0 Å². The van der Waals surface area contributed by atoms with Crippen LogP contribution in [-0.4, -0.2) is 34.6 Å². The van der Waals surface area contributed by atoms with Gasteiger partial charge in [-0.15, -0.1) is 0 Å². The summed E-state index contributed by atoms with van der Waals surface area (Å²) in [6.45, 7) is 2.20. The molecule has 0 saturated heterocycles. The summed E-state index contributed by atoms with van der Waals surface area (Å²) < 4.78 is 0. The number of rotatable bonds is 6. The first-order valence-corrected chi connectivity index (χ1v) is 18.0. The van der Waals surface area contributed by atoms with E-state index in [0.717, 1.165) is 59.4 Å². The fourth-order valence-electron chi connectivity index (χ4n) is 7.89. The summed E-state index contributed by atoms with van der Waals surface area (Å²) >= 11 is 0. The summed E-state index contributed by atoms with van der Waals surface area (Å²) in [6.07, 6.45) is 27.2. The third kappa shape index (κ3) is 5.99. The number of dihydropyridines is 1. The molecule has 0 fully saturated rings. The van der Waals surface area contributed by atoms with Gasteiger partial charge in [0.2, 0.25) is 0 Å². The van der Waals surface area contributed by atoms with Crippen molar-refractivity contribution in [2.24, 2.45) is 15.0 Å². The zero-order chi connectivity index (χ0) is 34.2. The Bertz CT molecular complexity index is 2340. The van der Waals surface area contributed by atoms with Crippen LogP contribution in [0.4, 0.5) is 0 Å². The van der Waals surface area contributed by atoms with Gasteiger partial charge < -0.3 is 5.32 Å². The van der Waals surface area contributed by atoms with Crippen molar-refractivity contribution in [2.45, 2.75) is 50.2 Å². The van der Waals surface area contributed by atoms with Crippen LogP contribution >= 0.6 is 0 Å². The van der Waals surface area contributed by atoms with Crippen molar-refractivity contribution in [3.8, 4) is 0 Å². The van der Waals surface area contributed by atoms with E-state index in [1.165, 1.54) is 39.0 Å². The number of fused-ring (bicyclic) bond motifs is 2. The highest BCUT2D eigenvalue weighted by Crippen LogP contribution is 2.38. The third-order valence-corrected chi connectivity index (χ3v) is 10.7. The average molecular weight is 662 g/mol. The van der Waals surface area contributed by atoms with Gasteiger partial charge in [-0.25, -0.2) is 9.98 Å². The molecule has 9 rings (SSSR count). The maximum absolute atomic E-state index is 5.39. The molecule has 3 aromatic carbocycles. The second-order valence-electron chi connectivity index (χ2n) is 13.9. The standard InChI is InChI=1S/C46H39N5/c1-46(39-27-25-32(26-28-39)31-9-3-2-4-10-31)50-44(37-21-17-33(18-22-37)40-15-5-11-35-13-7-29-47-42(35)40)49-45(51-46)38-23-19-34(20-24-38)41-16-6-12-36-14-8-30-48-43(36)41/h2-19,21-23,25,27,29-30,40,42H,20,24,26,28H2,1H3,(H,49,50,51). The molecule has 2 aliphatic heterocycles. The summed E-state index contributed by atoms with van der Waals surface area (Å²) in [5.74, 6) is 1.85. The van der Waals surface area contributed by atoms with Crippen LogP contribution in [-0.2, 0) is 0 Å². The lowest BCUT2D eigenvalue weighted by atomic mass is 9.82. The van der Waals surface area contributed by atoms with Gasteiger partial charge in [0, 0.05) is 34.8 Å². The lowest BCUT2D eigenvalue weighted by Gasteiger charge is -2.36. The first-order valence-electron chi connectivity index (χ1n) is 18.0. The molecule has 0 bridgehead atoms. The van der Waals surface area contributed by atoms with E-state index < -0.39 is 5.66 Å². The van der Waals surface area contributed by atoms with E-state index in [1.54, 1.807) is 0 Å². The van der Waals surface area contributed by atoms with Crippen LogP contribution in [0, 0.1) is 0 Å². The molecule has 3 heterocycles. The van der Waals surface area contributed by atoms with Crippen LogP contribution < -0.4 is 5.32 Å². The molecule has 3 aliphatic carbocycles. The van der Waals surface area contributed by atoms with Crippen molar-refractivity contribution in [3.63, 3.8) is 0 Å². The molecule has 1 N–H and O–H groups in total. The van der Waals surface area contributed by atoms with E-state index >= 15 is 0 Å². The van der Waals surface area contributed by atoms with Gasteiger partial charge in [-0.1, -0.05) is 127 Å². The topological polar surface area (TPSA) is 62.0 Å². The molecule has 0 amide bonds. The maximum Gasteiger partial charge on any atom is 0.155 e. The summed E-state index contributed by atoms with van der Waals surface area (Å²) in [7, 11) is 0. The highest BCUT2D eigenvalue weighted by Gasteiger charge is 2.35. The molecule has 1 aromatic heterocycles. The summed E-state index contributed by atoms with van der Waals surface area (Å²) in [5, 5.41) is 4.96. The van der Waals surface area contributed by atoms with E-state index in [1.807, 2.05) is 24.6 Å². The molecular weight excluding hydrogens is 623 g/mol. The quantitative estimate of drug-likeness (QED) is 0.224. The molecule has 5 nitrogen and oxygen atoms in total. The van der Waals surface area contributed by atoms with Gasteiger partial charge in [0.25, 0.3) is 0 Å². The summed E-state index contributed by atoms with van der Waals surface area (Å²) in [4.78, 5) is 20.1. The number of nitrogens with one attached hydrogen (secondary N) is 1. The van der Waals surface area contributed by atoms with Gasteiger partial charge in [0.1, 0.15) is 5.84 Å². The Kier molecular flexibility index (Phi) is 7.96. The van der Waals surface area contributed by atoms with Crippen molar-refractivity contribution in [1.29, 1.82) is 0 Å². The number of hydrogen-bond acceptors (Lipinski definition) is 5. The van der Waals surface area contributed by atoms with Crippen molar-refractivity contribution in [2.75, 3.05) is 0 Å². The molecule has 0 spiro atoms. The molecular formula is C46H39N5. The Morgan fingerprint density at radius 2 is 1.51 bits per heavy atom. The molecule has 5 aliphatic rings. The fraction of sp³-hybridized carbons (Fsp3) is 0.174. The van der Waals surface area contributed by atoms with Gasteiger partial charge in [-0.05, 0) is 83.7 Å². The Labute approximate surface area is 299 Å². The molecule has 0 saturated carbocycles. The highest BCUT2D eigenvalue weighted by atomic mass is 15.2. The van der Waals surface area contributed by atoms with Crippen LogP contribution in [0.5, 0.6) is 0 Å². The van der Waals surface area contributed by atoms with Crippen LogP contribution in [0.3, 0.4) is 0 Å². The molecule has 3 atom stereocenters. The van der Waals surface area contributed by atoms with Gasteiger partial charge in [0.05, 0.1) is 11.6 Å². The number of allylic oxidation sites excluding steroid dienone is 9. The highest BCUT2D eigenvalue weighted by molar-refractivity contribution is 6.14. The van der Waals surface area contributed by atoms with Crippen molar-refractivity contribution in [3.05, 3.63) is 185 Å². The van der Waals surface area contributed by atoms with E-state index in [0.29, 0.717) is 0 Å².